The van der Waals surface area contributed by atoms with Gasteiger partial charge in [0.25, 0.3) is 0 Å². The lowest BCUT2D eigenvalue weighted by Gasteiger charge is -2.34. The molecular weight excluding hydrogens is 428 g/mol. The van der Waals surface area contributed by atoms with Crippen molar-refractivity contribution in [3.63, 3.8) is 0 Å². The van der Waals surface area contributed by atoms with E-state index in [0.29, 0.717) is 43.0 Å². The van der Waals surface area contributed by atoms with Gasteiger partial charge in [-0.1, -0.05) is 0 Å². The van der Waals surface area contributed by atoms with Gasteiger partial charge in [0, 0.05) is 19.2 Å². The zero-order chi connectivity index (χ0) is 23.9. The van der Waals surface area contributed by atoms with Crippen molar-refractivity contribution in [3.8, 4) is 11.3 Å². The van der Waals surface area contributed by atoms with Gasteiger partial charge in [0.05, 0.1) is 36.2 Å². The molecule has 1 amide bonds. The minimum Gasteiger partial charge on any atom is -0.444 e. The molecule has 1 unspecified atom stereocenters. The number of morpholine rings is 1. The largest absolute Gasteiger partial charge is 0.444 e. The highest BCUT2D eigenvalue weighted by atomic mass is 19.1. The fraction of sp³-hybridized carbons (Fsp3) is 0.440. The van der Waals surface area contributed by atoms with Gasteiger partial charge in [0.2, 0.25) is 0 Å². The number of aromatic nitrogens is 2. The third-order valence-corrected chi connectivity index (χ3v) is 5.52. The maximum atomic E-state index is 14.9. The van der Waals surface area contributed by atoms with Crippen LogP contribution in [0.15, 0.2) is 30.5 Å². The maximum absolute atomic E-state index is 14.9. The fourth-order valence-electron chi connectivity index (χ4n) is 4.07. The van der Waals surface area contributed by atoms with Gasteiger partial charge in [-0.3, -0.25) is 0 Å². The normalized spacial score (nSPS) is 16.9. The second-order valence-electron chi connectivity index (χ2n) is 9.57. The van der Waals surface area contributed by atoms with Crippen LogP contribution in [0.4, 0.5) is 13.6 Å². The Bertz CT molecular complexity index is 1180. The molecule has 1 fully saturated rings. The van der Waals surface area contributed by atoms with E-state index in [-0.39, 0.29) is 17.4 Å². The summed E-state index contributed by atoms with van der Waals surface area (Å²) < 4.78 is 43.0. The molecular formula is C25H29F2N3O3. The second kappa shape index (κ2) is 8.74. The van der Waals surface area contributed by atoms with Crippen LogP contribution in [-0.2, 0) is 15.9 Å². The number of imidazole rings is 1. The molecule has 33 heavy (non-hydrogen) atoms. The summed E-state index contributed by atoms with van der Waals surface area (Å²) in [7, 11) is 0. The minimum atomic E-state index is -0.658. The van der Waals surface area contributed by atoms with Crippen LogP contribution >= 0.6 is 0 Å². The number of pyridine rings is 1. The van der Waals surface area contributed by atoms with Gasteiger partial charge < -0.3 is 18.8 Å². The Balaban J connectivity index is 1.70. The Kier molecular flexibility index (Phi) is 6.14. The molecule has 1 aromatic carbocycles. The zero-order valence-electron chi connectivity index (χ0n) is 19.6. The van der Waals surface area contributed by atoms with Crippen LogP contribution in [0, 0.1) is 25.5 Å². The number of carbonyl (C=O) groups is 1. The lowest BCUT2D eigenvalue weighted by atomic mass is 10.0. The van der Waals surface area contributed by atoms with Gasteiger partial charge in [0.1, 0.15) is 22.9 Å². The molecule has 0 N–H and O–H groups in total. The molecule has 0 radical (unpaired) electrons. The third kappa shape index (κ3) is 5.00. The number of ether oxygens (including phenoxy) is 2. The Morgan fingerprint density at radius 2 is 1.88 bits per heavy atom. The quantitative estimate of drug-likeness (QED) is 0.551. The summed E-state index contributed by atoms with van der Waals surface area (Å²) in [6.45, 7) is 10.1. The number of benzene rings is 1. The molecule has 0 saturated carbocycles. The van der Waals surface area contributed by atoms with E-state index in [9.17, 15) is 13.6 Å². The van der Waals surface area contributed by atoms with Crippen molar-refractivity contribution < 1.29 is 23.0 Å². The summed E-state index contributed by atoms with van der Waals surface area (Å²) in [6.07, 6.45) is 1.39. The molecule has 0 aliphatic carbocycles. The first kappa shape index (κ1) is 23.2. The fourth-order valence-corrected chi connectivity index (χ4v) is 4.07. The number of halogens is 2. The maximum Gasteiger partial charge on any atom is 0.410 e. The van der Waals surface area contributed by atoms with Crippen LogP contribution in [0.2, 0.25) is 0 Å². The van der Waals surface area contributed by atoms with Gasteiger partial charge in [-0.15, -0.1) is 0 Å². The SMILES string of the molecule is Cc1cc(F)c(-c2nc3cc(C)ccn3c2CC2CN(C(=O)OC(C)(C)C)CCO2)c(F)c1. The first-order chi connectivity index (χ1) is 15.5. The molecule has 3 heterocycles. The molecule has 4 rings (SSSR count). The Labute approximate surface area is 192 Å². The zero-order valence-corrected chi connectivity index (χ0v) is 19.6. The van der Waals surface area contributed by atoms with Crippen molar-refractivity contribution in [2.24, 2.45) is 0 Å². The summed E-state index contributed by atoms with van der Waals surface area (Å²) in [5.74, 6) is -1.32. The average Bonchev–Trinajstić information content (AvgIpc) is 3.03. The van der Waals surface area contributed by atoms with Crippen molar-refractivity contribution in [2.75, 3.05) is 19.7 Å². The molecule has 1 atom stereocenters. The van der Waals surface area contributed by atoms with Gasteiger partial charge >= 0.3 is 6.09 Å². The first-order valence-electron chi connectivity index (χ1n) is 11.0. The van der Waals surface area contributed by atoms with Crippen LogP contribution in [0.1, 0.15) is 37.6 Å². The molecule has 0 spiro atoms. The molecule has 3 aromatic rings. The van der Waals surface area contributed by atoms with Crippen molar-refractivity contribution >= 4 is 11.7 Å². The predicted octanol–water partition coefficient (Wildman–Crippen LogP) is 5.07. The van der Waals surface area contributed by atoms with E-state index in [4.69, 9.17) is 9.47 Å². The topological polar surface area (TPSA) is 56.1 Å². The van der Waals surface area contributed by atoms with Crippen LogP contribution in [0.3, 0.4) is 0 Å². The molecule has 1 aliphatic rings. The van der Waals surface area contributed by atoms with E-state index in [1.807, 2.05) is 50.4 Å². The third-order valence-electron chi connectivity index (χ3n) is 5.52. The number of nitrogens with zero attached hydrogens (tertiary/aromatic N) is 3. The van der Waals surface area contributed by atoms with Gasteiger partial charge in [-0.2, -0.15) is 0 Å². The van der Waals surface area contributed by atoms with E-state index in [1.165, 1.54) is 12.1 Å². The van der Waals surface area contributed by atoms with Crippen LogP contribution in [-0.4, -0.2) is 51.8 Å². The molecule has 1 aliphatic heterocycles. The van der Waals surface area contributed by atoms with Crippen molar-refractivity contribution in [3.05, 3.63) is 58.9 Å². The average molecular weight is 458 g/mol. The summed E-state index contributed by atoms with van der Waals surface area (Å²) >= 11 is 0. The number of amides is 1. The van der Waals surface area contributed by atoms with Crippen molar-refractivity contribution in [1.82, 2.24) is 14.3 Å². The highest BCUT2D eigenvalue weighted by Gasteiger charge is 2.30. The van der Waals surface area contributed by atoms with Crippen LogP contribution in [0.25, 0.3) is 16.9 Å². The second-order valence-corrected chi connectivity index (χ2v) is 9.57. The minimum absolute atomic E-state index is 0.156. The van der Waals surface area contributed by atoms with E-state index in [2.05, 4.69) is 4.98 Å². The number of rotatable bonds is 3. The molecule has 0 bridgehead atoms. The van der Waals surface area contributed by atoms with Gasteiger partial charge in [-0.05, 0) is 70.0 Å². The highest BCUT2D eigenvalue weighted by Crippen LogP contribution is 2.32. The molecule has 1 saturated heterocycles. The lowest BCUT2D eigenvalue weighted by molar-refractivity contribution is -0.0418. The van der Waals surface area contributed by atoms with Crippen molar-refractivity contribution in [1.29, 1.82) is 0 Å². The number of fused-ring (bicyclic) bond motifs is 1. The number of carbonyl (C=O) groups excluding carboxylic acids is 1. The lowest BCUT2D eigenvalue weighted by Crippen LogP contribution is -2.48. The summed E-state index contributed by atoms with van der Waals surface area (Å²) in [4.78, 5) is 18.7. The predicted molar refractivity (Wildman–Crippen MR) is 121 cm³/mol. The Morgan fingerprint density at radius 1 is 1.18 bits per heavy atom. The first-order valence-corrected chi connectivity index (χ1v) is 11.0. The number of aryl methyl sites for hydroxylation is 2. The monoisotopic (exact) mass is 457 g/mol. The highest BCUT2D eigenvalue weighted by molar-refractivity contribution is 5.69. The summed E-state index contributed by atoms with van der Waals surface area (Å²) in [5, 5.41) is 0. The summed E-state index contributed by atoms with van der Waals surface area (Å²) in [6, 6.07) is 6.39. The van der Waals surface area contributed by atoms with E-state index in [0.717, 1.165) is 5.56 Å². The van der Waals surface area contributed by atoms with E-state index >= 15 is 0 Å². The summed E-state index contributed by atoms with van der Waals surface area (Å²) in [5.41, 5.74) is 2.20. The van der Waals surface area contributed by atoms with Crippen LogP contribution < -0.4 is 0 Å². The van der Waals surface area contributed by atoms with Crippen molar-refractivity contribution in [2.45, 2.75) is 52.7 Å². The molecule has 6 nitrogen and oxygen atoms in total. The van der Waals surface area contributed by atoms with Gasteiger partial charge in [0.15, 0.2) is 0 Å². The van der Waals surface area contributed by atoms with E-state index < -0.39 is 23.3 Å². The Morgan fingerprint density at radius 3 is 2.55 bits per heavy atom. The molecule has 2 aromatic heterocycles. The molecule has 8 heteroatoms. The number of hydrogen-bond donors (Lipinski definition) is 0. The Hall–Kier alpha value is -3.00. The van der Waals surface area contributed by atoms with E-state index in [1.54, 1.807) is 11.8 Å². The van der Waals surface area contributed by atoms with Crippen LogP contribution in [0.5, 0.6) is 0 Å². The van der Waals surface area contributed by atoms with Gasteiger partial charge in [-0.25, -0.2) is 18.6 Å². The standard InChI is InChI=1S/C25H29F2N3O3/c1-15-6-7-30-20(13-17-14-29(8-9-32-17)24(31)33-25(3,4)5)23(28-21(30)12-15)22-18(26)10-16(2)11-19(22)27/h6-7,10-12,17H,8-9,13-14H2,1-5H3. The smallest absolute Gasteiger partial charge is 0.410 e. The number of hydrogen-bond acceptors (Lipinski definition) is 4. The molecule has 176 valence electrons.